The predicted molar refractivity (Wildman–Crippen MR) is 93.0 cm³/mol. The first-order valence-corrected chi connectivity index (χ1v) is 7.69. The highest BCUT2D eigenvalue weighted by Gasteiger charge is 2.02. The third-order valence-electron chi connectivity index (χ3n) is 3.32. The lowest BCUT2D eigenvalue weighted by molar-refractivity contribution is -0.111. The van der Waals surface area contributed by atoms with Crippen LogP contribution in [0.25, 0.3) is 11.7 Å². The number of carbonyl (C=O) groups excluding carboxylic acids is 1. The molecule has 0 aliphatic carbocycles. The highest BCUT2D eigenvalue weighted by Crippen LogP contribution is 2.13. The topological polar surface area (TPSA) is 68.5 Å². The Hall–Kier alpha value is -3.15. The predicted octanol–water partition coefficient (Wildman–Crippen LogP) is 3.09. The Labute approximate surface area is 139 Å². The largest absolute Gasteiger partial charge is 0.494 e. The molecule has 3 rings (SSSR count). The number of carbonyl (C=O) groups is 1. The van der Waals surface area contributed by atoms with E-state index in [0.29, 0.717) is 18.1 Å². The van der Waals surface area contributed by atoms with E-state index in [0.717, 1.165) is 17.0 Å². The summed E-state index contributed by atoms with van der Waals surface area (Å²) < 4.78 is 7.03. The first-order chi connectivity index (χ1) is 11.6. The molecule has 0 bridgehead atoms. The van der Waals surface area contributed by atoms with Crippen molar-refractivity contribution in [2.24, 2.45) is 0 Å². The van der Waals surface area contributed by atoms with E-state index >= 15 is 0 Å². The number of hydrogen-bond donors (Lipinski definition) is 1. The molecular formula is C18H18N4O2. The van der Waals surface area contributed by atoms with Gasteiger partial charge in [0.15, 0.2) is 5.65 Å². The second-order valence-corrected chi connectivity index (χ2v) is 5.20. The fraction of sp³-hybridized carbons (Fsp3) is 0.167. The molecule has 3 aromatic rings. The van der Waals surface area contributed by atoms with Gasteiger partial charge in [0.1, 0.15) is 11.6 Å². The molecule has 0 aliphatic rings. The summed E-state index contributed by atoms with van der Waals surface area (Å²) in [5, 5.41) is 7.03. The Kier molecular flexibility index (Phi) is 4.56. The number of aromatic nitrogens is 3. The molecule has 1 aromatic carbocycles. The summed E-state index contributed by atoms with van der Waals surface area (Å²) in [6, 6.07) is 11.2. The molecule has 0 unspecified atom stereocenters. The Morgan fingerprint density at radius 2 is 2.04 bits per heavy atom. The lowest BCUT2D eigenvalue weighted by Gasteiger charge is -2.03. The lowest BCUT2D eigenvalue weighted by Crippen LogP contribution is -2.08. The van der Waals surface area contributed by atoms with Crippen LogP contribution in [0.5, 0.6) is 5.75 Å². The monoisotopic (exact) mass is 322 g/mol. The van der Waals surface area contributed by atoms with Crippen LogP contribution in [0.4, 0.5) is 5.69 Å². The zero-order valence-corrected chi connectivity index (χ0v) is 13.6. The van der Waals surface area contributed by atoms with Gasteiger partial charge in [-0.2, -0.15) is 5.10 Å². The molecule has 2 heterocycles. The minimum absolute atomic E-state index is 0.208. The van der Waals surface area contributed by atoms with E-state index in [1.165, 1.54) is 6.08 Å². The van der Waals surface area contributed by atoms with E-state index in [1.807, 2.05) is 44.2 Å². The lowest BCUT2D eigenvalue weighted by atomic mass is 10.2. The smallest absolute Gasteiger partial charge is 0.248 e. The molecule has 2 aromatic heterocycles. The summed E-state index contributed by atoms with van der Waals surface area (Å²) in [5.74, 6) is 1.30. The number of rotatable bonds is 5. The minimum atomic E-state index is -0.208. The number of amides is 1. The van der Waals surface area contributed by atoms with Gasteiger partial charge in [-0.05, 0) is 49.8 Å². The van der Waals surface area contributed by atoms with Gasteiger partial charge in [0.2, 0.25) is 5.91 Å². The normalized spacial score (nSPS) is 11.1. The van der Waals surface area contributed by atoms with Gasteiger partial charge in [0.25, 0.3) is 0 Å². The molecule has 0 spiro atoms. The highest BCUT2D eigenvalue weighted by molar-refractivity contribution is 6.01. The number of aryl methyl sites for hydroxylation is 1. The molecule has 1 amide bonds. The van der Waals surface area contributed by atoms with Crippen molar-refractivity contribution >= 4 is 23.3 Å². The molecule has 1 N–H and O–H groups in total. The molecule has 122 valence electrons. The van der Waals surface area contributed by atoms with E-state index in [2.05, 4.69) is 15.4 Å². The van der Waals surface area contributed by atoms with Crippen LogP contribution in [0.3, 0.4) is 0 Å². The summed E-state index contributed by atoms with van der Waals surface area (Å²) in [5.41, 5.74) is 2.33. The highest BCUT2D eigenvalue weighted by atomic mass is 16.5. The van der Waals surface area contributed by atoms with E-state index < -0.39 is 0 Å². The van der Waals surface area contributed by atoms with Gasteiger partial charge in [0.05, 0.1) is 18.5 Å². The summed E-state index contributed by atoms with van der Waals surface area (Å²) in [6.45, 7) is 4.40. The number of ether oxygens (including phenoxy) is 1. The quantitative estimate of drug-likeness (QED) is 0.733. The molecule has 6 nitrogen and oxygen atoms in total. The summed E-state index contributed by atoms with van der Waals surface area (Å²) in [6.07, 6.45) is 4.98. The standard InChI is InChI=1S/C18H18N4O2/c1-3-24-16-8-4-14(5-9-16)6-11-18(23)20-15-7-10-17-19-13(2)21-22(17)12-15/h4-12H,3H2,1-2H3,(H,20,23)/b11-6+. The van der Waals surface area contributed by atoms with Crippen molar-refractivity contribution in [1.29, 1.82) is 0 Å². The van der Waals surface area contributed by atoms with Gasteiger partial charge >= 0.3 is 0 Å². The molecule has 24 heavy (non-hydrogen) atoms. The van der Waals surface area contributed by atoms with Gasteiger partial charge in [-0.1, -0.05) is 12.1 Å². The van der Waals surface area contributed by atoms with E-state index in [4.69, 9.17) is 4.74 Å². The Morgan fingerprint density at radius 3 is 2.79 bits per heavy atom. The van der Waals surface area contributed by atoms with Gasteiger partial charge in [-0.3, -0.25) is 4.79 Å². The van der Waals surface area contributed by atoms with Crippen LogP contribution in [0.15, 0.2) is 48.7 Å². The van der Waals surface area contributed by atoms with Gasteiger partial charge in [-0.25, -0.2) is 9.50 Å². The van der Waals surface area contributed by atoms with Crippen LogP contribution in [0.2, 0.25) is 0 Å². The Bertz CT molecular complexity index is 882. The van der Waals surface area contributed by atoms with E-state index in [9.17, 15) is 4.79 Å². The van der Waals surface area contributed by atoms with Crippen LogP contribution in [-0.2, 0) is 4.79 Å². The molecule has 0 atom stereocenters. The first kappa shape index (κ1) is 15.7. The maximum atomic E-state index is 12.0. The average Bonchev–Trinajstić information content (AvgIpc) is 2.94. The first-order valence-electron chi connectivity index (χ1n) is 7.69. The number of pyridine rings is 1. The number of nitrogens with one attached hydrogen (secondary N) is 1. The fourth-order valence-corrected chi connectivity index (χ4v) is 2.27. The maximum Gasteiger partial charge on any atom is 0.248 e. The van der Waals surface area contributed by atoms with Crippen LogP contribution < -0.4 is 10.1 Å². The van der Waals surface area contributed by atoms with Crippen LogP contribution in [-0.4, -0.2) is 27.1 Å². The Balaban J connectivity index is 1.65. The second-order valence-electron chi connectivity index (χ2n) is 5.20. The van der Waals surface area contributed by atoms with Crippen LogP contribution >= 0.6 is 0 Å². The van der Waals surface area contributed by atoms with Gasteiger partial charge in [-0.15, -0.1) is 0 Å². The van der Waals surface area contributed by atoms with Crippen molar-refractivity contribution in [2.75, 3.05) is 11.9 Å². The minimum Gasteiger partial charge on any atom is -0.494 e. The number of fused-ring (bicyclic) bond motifs is 1. The van der Waals surface area contributed by atoms with Crippen LogP contribution in [0.1, 0.15) is 18.3 Å². The Morgan fingerprint density at radius 1 is 1.25 bits per heavy atom. The third-order valence-corrected chi connectivity index (χ3v) is 3.32. The van der Waals surface area contributed by atoms with Crippen molar-refractivity contribution in [1.82, 2.24) is 14.6 Å². The summed E-state index contributed by atoms with van der Waals surface area (Å²) >= 11 is 0. The fourth-order valence-electron chi connectivity index (χ4n) is 2.27. The third kappa shape index (κ3) is 3.78. The number of anilines is 1. The van der Waals surface area contributed by atoms with Gasteiger partial charge in [0, 0.05) is 6.08 Å². The van der Waals surface area contributed by atoms with Crippen molar-refractivity contribution < 1.29 is 9.53 Å². The van der Waals surface area contributed by atoms with Crippen LogP contribution in [0, 0.1) is 6.92 Å². The van der Waals surface area contributed by atoms with Crippen molar-refractivity contribution in [3.63, 3.8) is 0 Å². The van der Waals surface area contributed by atoms with E-state index in [1.54, 1.807) is 22.9 Å². The van der Waals surface area contributed by atoms with Crippen molar-refractivity contribution in [3.8, 4) is 5.75 Å². The van der Waals surface area contributed by atoms with Crippen molar-refractivity contribution in [3.05, 3.63) is 60.1 Å². The molecule has 0 saturated heterocycles. The second kappa shape index (κ2) is 6.95. The number of benzene rings is 1. The molecular weight excluding hydrogens is 304 g/mol. The van der Waals surface area contributed by atoms with Gasteiger partial charge < -0.3 is 10.1 Å². The summed E-state index contributed by atoms with van der Waals surface area (Å²) in [7, 11) is 0. The van der Waals surface area contributed by atoms with E-state index in [-0.39, 0.29) is 5.91 Å². The molecule has 0 fully saturated rings. The number of nitrogens with zero attached hydrogens (tertiary/aromatic N) is 3. The van der Waals surface area contributed by atoms with Crippen molar-refractivity contribution in [2.45, 2.75) is 13.8 Å². The zero-order valence-electron chi connectivity index (χ0n) is 13.6. The molecule has 0 radical (unpaired) electrons. The SMILES string of the molecule is CCOc1ccc(/C=C/C(=O)Nc2ccc3nc(C)nn3c2)cc1. The summed E-state index contributed by atoms with van der Waals surface area (Å²) in [4.78, 5) is 16.3. The molecule has 0 saturated carbocycles. The zero-order chi connectivity index (χ0) is 16.9. The maximum absolute atomic E-state index is 12.0. The average molecular weight is 322 g/mol. The molecule has 0 aliphatic heterocycles. The molecule has 6 heteroatoms. The number of hydrogen-bond acceptors (Lipinski definition) is 4.